The summed E-state index contributed by atoms with van der Waals surface area (Å²) in [6.45, 7) is 5.34. The summed E-state index contributed by atoms with van der Waals surface area (Å²) in [5, 5.41) is 5.49. The quantitative estimate of drug-likeness (QED) is 0.871. The van der Waals surface area contributed by atoms with Crippen LogP contribution in [0.1, 0.15) is 26.3 Å². The van der Waals surface area contributed by atoms with Crippen molar-refractivity contribution >= 4 is 17.7 Å². The molecule has 2 rings (SSSR count). The fourth-order valence-corrected chi connectivity index (χ4v) is 2.26. The largest absolute Gasteiger partial charge is 0.444 e. The van der Waals surface area contributed by atoms with E-state index in [0.29, 0.717) is 12.1 Å². The van der Waals surface area contributed by atoms with Crippen LogP contribution in [0.15, 0.2) is 60.7 Å². The van der Waals surface area contributed by atoms with E-state index in [4.69, 9.17) is 4.74 Å². The molecule has 0 saturated carbocycles. The molecule has 0 aliphatic carbocycles. The van der Waals surface area contributed by atoms with E-state index >= 15 is 0 Å². The molecule has 0 bridgehead atoms. The molecule has 0 unspecified atom stereocenters. The van der Waals surface area contributed by atoms with Crippen molar-refractivity contribution in [3.63, 3.8) is 0 Å². The van der Waals surface area contributed by atoms with Crippen molar-refractivity contribution < 1.29 is 14.3 Å². The van der Waals surface area contributed by atoms with Crippen molar-refractivity contribution in [1.29, 1.82) is 0 Å². The molecule has 0 saturated heterocycles. The zero-order valence-electron chi connectivity index (χ0n) is 14.8. The molecule has 1 atom stereocenters. The standard InChI is InChI=1S/C20H24N2O3/c1-20(2,3)25-19(24)22-17(14-15-10-6-4-7-11-15)18(23)21-16-12-8-5-9-13-16/h4-13,17H,14H2,1-3H3,(H,21,23)(H,22,24)/t17-/m0/s1. The summed E-state index contributed by atoms with van der Waals surface area (Å²) in [6.07, 6.45) is -0.240. The minimum absolute atomic E-state index is 0.291. The van der Waals surface area contributed by atoms with Gasteiger partial charge in [0.15, 0.2) is 0 Å². The van der Waals surface area contributed by atoms with Crippen LogP contribution in [-0.4, -0.2) is 23.6 Å². The van der Waals surface area contributed by atoms with Crippen molar-refractivity contribution in [3.05, 3.63) is 66.2 Å². The van der Waals surface area contributed by atoms with Gasteiger partial charge in [0, 0.05) is 12.1 Å². The normalized spacial score (nSPS) is 12.1. The Bertz CT molecular complexity index is 694. The molecular weight excluding hydrogens is 316 g/mol. The van der Waals surface area contributed by atoms with Crippen molar-refractivity contribution in [3.8, 4) is 0 Å². The van der Waals surface area contributed by atoms with E-state index < -0.39 is 17.7 Å². The van der Waals surface area contributed by atoms with Gasteiger partial charge < -0.3 is 15.4 Å². The number of carbonyl (C=O) groups excluding carboxylic acids is 2. The van der Waals surface area contributed by atoms with Crippen LogP contribution in [0.4, 0.5) is 10.5 Å². The first kappa shape index (κ1) is 18.5. The predicted octanol–water partition coefficient (Wildman–Crippen LogP) is 3.76. The third-order valence-corrected chi connectivity index (χ3v) is 3.33. The number of hydrogen-bond acceptors (Lipinski definition) is 3. The Morgan fingerprint density at radius 2 is 1.52 bits per heavy atom. The number of hydrogen-bond donors (Lipinski definition) is 2. The summed E-state index contributed by atoms with van der Waals surface area (Å²) in [5.74, 6) is -0.291. The topological polar surface area (TPSA) is 67.4 Å². The molecule has 0 aromatic heterocycles. The second-order valence-corrected chi connectivity index (χ2v) is 6.74. The monoisotopic (exact) mass is 340 g/mol. The van der Waals surface area contributed by atoms with Crippen LogP contribution in [0.5, 0.6) is 0 Å². The maximum atomic E-state index is 12.6. The maximum Gasteiger partial charge on any atom is 0.408 e. The molecule has 2 N–H and O–H groups in total. The first-order valence-corrected chi connectivity index (χ1v) is 8.23. The van der Waals surface area contributed by atoms with Crippen LogP contribution in [0, 0.1) is 0 Å². The number of nitrogens with one attached hydrogen (secondary N) is 2. The van der Waals surface area contributed by atoms with Gasteiger partial charge in [-0.3, -0.25) is 4.79 Å². The predicted molar refractivity (Wildman–Crippen MR) is 98.4 cm³/mol. The van der Waals surface area contributed by atoms with Gasteiger partial charge in [0.25, 0.3) is 0 Å². The summed E-state index contributed by atoms with van der Waals surface area (Å²) in [7, 11) is 0. The van der Waals surface area contributed by atoms with Gasteiger partial charge in [-0.2, -0.15) is 0 Å². The fourth-order valence-electron chi connectivity index (χ4n) is 2.26. The Morgan fingerprint density at radius 1 is 0.960 bits per heavy atom. The second kappa shape index (κ2) is 8.33. The maximum absolute atomic E-state index is 12.6. The van der Waals surface area contributed by atoms with Gasteiger partial charge >= 0.3 is 6.09 Å². The Kier molecular flexibility index (Phi) is 6.17. The summed E-state index contributed by atoms with van der Waals surface area (Å²) >= 11 is 0. The molecule has 0 aliphatic heterocycles. The first-order chi connectivity index (χ1) is 11.8. The lowest BCUT2D eigenvalue weighted by molar-refractivity contribution is -0.118. The minimum Gasteiger partial charge on any atom is -0.444 e. The van der Waals surface area contributed by atoms with E-state index in [-0.39, 0.29) is 5.91 Å². The Balaban J connectivity index is 2.10. The number of anilines is 1. The van der Waals surface area contributed by atoms with Crippen LogP contribution in [0.2, 0.25) is 0 Å². The van der Waals surface area contributed by atoms with Crippen LogP contribution in [0.25, 0.3) is 0 Å². The zero-order chi connectivity index (χ0) is 18.3. The summed E-state index contributed by atoms with van der Waals surface area (Å²) in [5.41, 5.74) is 1.00. The summed E-state index contributed by atoms with van der Waals surface area (Å²) < 4.78 is 5.28. The third-order valence-electron chi connectivity index (χ3n) is 3.33. The van der Waals surface area contributed by atoms with Crippen LogP contribution in [0.3, 0.4) is 0 Å². The van der Waals surface area contributed by atoms with E-state index in [1.165, 1.54) is 0 Å². The van der Waals surface area contributed by atoms with Crippen molar-refractivity contribution in [2.24, 2.45) is 0 Å². The second-order valence-electron chi connectivity index (χ2n) is 6.74. The van der Waals surface area contributed by atoms with Gasteiger partial charge in [-0.15, -0.1) is 0 Å². The molecule has 0 spiro atoms. The smallest absolute Gasteiger partial charge is 0.408 e. The Labute approximate surface area is 148 Å². The van der Waals surface area contributed by atoms with Gasteiger partial charge in [-0.05, 0) is 38.5 Å². The molecule has 5 heteroatoms. The minimum atomic E-state index is -0.738. The lowest BCUT2D eigenvalue weighted by Gasteiger charge is -2.23. The Morgan fingerprint density at radius 3 is 2.08 bits per heavy atom. The molecule has 5 nitrogen and oxygen atoms in total. The van der Waals surface area contributed by atoms with Gasteiger partial charge in [0.2, 0.25) is 5.91 Å². The highest BCUT2D eigenvalue weighted by molar-refractivity contribution is 5.96. The lowest BCUT2D eigenvalue weighted by atomic mass is 10.1. The zero-order valence-corrected chi connectivity index (χ0v) is 14.8. The lowest BCUT2D eigenvalue weighted by Crippen LogP contribution is -2.47. The molecular formula is C20H24N2O3. The van der Waals surface area contributed by atoms with E-state index in [0.717, 1.165) is 5.56 Å². The number of alkyl carbamates (subject to hydrolysis) is 1. The molecule has 2 aromatic carbocycles. The molecule has 0 heterocycles. The average molecular weight is 340 g/mol. The number of para-hydroxylation sites is 1. The van der Waals surface area contributed by atoms with Gasteiger partial charge in [0.1, 0.15) is 11.6 Å². The van der Waals surface area contributed by atoms with Crippen molar-refractivity contribution in [1.82, 2.24) is 5.32 Å². The molecule has 0 fully saturated rings. The van der Waals surface area contributed by atoms with E-state index in [2.05, 4.69) is 10.6 Å². The highest BCUT2D eigenvalue weighted by Crippen LogP contribution is 2.11. The SMILES string of the molecule is CC(C)(C)OC(=O)N[C@@H](Cc1ccccc1)C(=O)Nc1ccccc1. The third kappa shape index (κ3) is 6.67. The van der Waals surface area contributed by atoms with Crippen molar-refractivity contribution in [2.75, 3.05) is 5.32 Å². The molecule has 0 radical (unpaired) electrons. The number of carbonyl (C=O) groups is 2. The number of rotatable bonds is 5. The number of benzene rings is 2. The highest BCUT2D eigenvalue weighted by Gasteiger charge is 2.24. The van der Waals surface area contributed by atoms with Crippen LogP contribution in [-0.2, 0) is 16.0 Å². The molecule has 2 amide bonds. The van der Waals surface area contributed by atoms with Crippen molar-refractivity contribution in [2.45, 2.75) is 38.8 Å². The summed E-state index contributed by atoms with van der Waals surface area (Å²) in [4.78, 5) is 24.7. The number of amides is 2. The molecule has 2 aromatic rings. The van der Waals surface area contributed by atoms with Gasteiger partial charge in [-0.25, -0.2) is 4.79 Å². The molecule has 25 heavy (non-hydrogen) atoms. The Hall–Kier alpha value is -2.82. The van der Waals surface area contributed by atoms with Gasteiger partial charge in [0.05, 0.1) is 0 Å². The summed E-state index contributed by atoms with van der Waals surface area (Å²) in [6, 6.07) is 17.9. The highest BCUT2D eigenvalue weighted by atomic mass is 16.6. The van der Waals surface area contributed by atoms with E-state index in [1.807, 2.05) is 48.5 Å². The average Bonchev–Trinajstić information content (AvgIpc) is 2.54. The van der Waals surface area contributed by atoms with E-state index in [9.17, 15) is 9.59 Å². The van der Waals surface area contributed by atoms with Crippen LogP contribution < -0.4 is 10.6 Å². The first-order valence-electron chi connectivity index (χ1n) is 8.23. The van der Waals surface area contributed by atoms with Gasteiger partial charge in [-0.1, -0.05) is 48.5 Å². The molecule has 0 aliphatic rings. The number of ether oxygens (including phenoxy) is 1. The van der Waals surface area contributed by atoms with Crippen LogP contribution >= 0.6 is 0 Å². The van der Waals surface area contributed by atoms with E-state index in [1.54, 1.807) is 32.9 Å². The molecule has 132 valence electrons. The fraction of sp³-hybridized carbons (Fsp3) is 0.300.